The fourth-order valence-electron chi connectivity index (χ4n) is 3.85. The second-order valence-corrected chi connectivity index (χ2v) is 7.20. The predicted molar refractivity (Wildman–Crippen MR) is 103 cm³/mol. The molecule has 1 fully saturated rings. The normalized spacial score (nSPS) is 18.4. The highest BCUT2D eigenvalue weighted by Crippen LogP contribution is 2.26. The molecule has 0 radical (unpaired) electrons. The quantitative estimate of drug-likeness (QED) is 0.784. The minimum atomic E-state index is -0.372. The summed E-state index contributed by atoms with van der Waals surface area (Å²) >= 11 is 0. The maximum Gasteiger partial charge on any atom is 0.270 e. The Labute approximate surface area is 153 Å². The van der Waals surface area contributed by atoms with Crippen LogP contribution in [0.25, 0.3) is 10.9 Å². The van der Waals surface area contributed by atoms with Gasteiger partial charge in [0.15, 0.2) is 0 Å². The summed E-state index contributed by atoms with van der Waals surface area (Å²) in [6.45, 7) is 3.82. The number of aliphatic hydroxyl groups is 1. The van der Waals surface area contributed by atoms with E-state index in [4.69, 9.17) is 0 Å². The molecule has 2 heterocycles. The van der Waals surface area contributed by atoms with Crippen LogP contribution in [-0.2, 0) is 6.54 Å². The van der Waals surface area contributed by atoms with Gasteiger partial charge in [-0.3, -0.25) is 4.79 Å². The minimum Gasteiger partial charge on any atom is -0.393 e. The maximum absolute atomic E-state index is 13.2. The van der Waals surface area contributed by atoms with E-state index in [1.807, 2.05) is 48.2 Å². The predicted octanol–water partition coefficient (Wildman–Crippen LogP) is 3.53. The van der Waals surface area contributed by atoms with Gasteiger partial charge in [0.25, 0.3) is 5.91 Å². The number of rotatable bonds is 4. The molecule has 1 aliphatic heterocycles. The van der Waals surface area contributed by atoms with Crippen LogP contribution in [0, 0.1) is 5.92 Å². The first-order valence-corrected chi connectivity index (χ1v) is 9.23. The highest BCUT2D eigenvalue weighted by atomic mass is 16.3. The summed E-state index contributed by atoms with van der Waals surface area (Å²) in [7, 11) is 0. The van der Waals surface area contributed by atoms with Crippen molar-refractivity contribution in [3.8, 4) is 0 Å². The number of carbonyl (C=O) groups excluding carboxylic acids is 1. The van der Waals surface area contributed by atoms with Crippen molar-refractivity contribution in [1.29, 1.82) is 0 Å². The maximum atomic E-state index is 13.2. The van der Waals surface area contributed by atoms with E-state index in [0.717, 1.165) is 23.0 Å². The van der Waals surface area contributed by atoms with E-state index in [2.05, 4.69) is 28.8 Å². The summed E-state index contributed by atoms with van der Waals surface area (Å²) in [4.78, 5) is 15.1. The SMILES string of the molecule is CC(O)C1CCN(C(=O)c2cc3ccccc3n2Cc2ccccc2)C1. The second-order valence-electron chi connectivity index (χ2n) is 7.20. The Kier molecular flexibility index (Phi) is 4.51. The van der Waals surface area contributed by atoms with Crippen molar-refractivity contribution >= 4 is 16.8 Å². The molecule has 0 aliphatic carbocycles. The molecule has 1 N–H and O–H groups in total. The molecule has 2 atom stereocenters. The number of carbonyl (C=O) groups is 1. The zero-order valence-corrected chi connectivity index (χ0v) is 15.0. The topological polar surface area (TPSA) is 45.5 Å². The first kappa shape index (κ1) is 16.9. The van der Waals surface area contributed by atoms with Gasteiger partial charge in [-0.15, -0.1) is 0 Å². The first-order valence-electron chi connectivity index (χ1n) is 9.23. The highest BCUT2D eigenvalue weighted by molar-refractivity contribution is 5.99. The number of benzene rings is 2. The van der Waals surface area contributed by atoms with E-state index in [1.165, 1.54) is 5.56 Å². The van der Waals surface area contributed by atoms with Crippen LogP contribution in [0.2, 0.25) is 0 Å². The highest BCUT2D eigenvalue weighted by Gasteiger charge is 2.31. The van der Waals surface area contributed by atoms with Gasteiger partial charge in [0.05, 0.1) is 6.10 Å². The zero-order chi connectivity index (χ0) is 18.1. The molecule has 4 rings (SSSR count). The average molecular weight is 348 g/mol. The summed E-state index contributed by atoms with van der Waals surface area (Å²) in [6.07, 6.45) is 0.491. The van der Waals surface area contributed by atoms with Crippen LogP contribution in [0.4, 0.5) is 0 Å². The Morgan fingerprint density at radius 1 is 1.15 bits per heavy atom. The second kappa shape index (κ2) is 6.96. The summed E-state index contributed by atoms with van der Waals surface area (Å²) in [5.74, 6) is 0.228. The summed E-state index contributed by atoms with van der Waals surface area (Å²) in [5, 5.41) is 10.9. The molecule has 1 aromatic heterocycles. The van der Waals surface area contributed by atoms with E-state index in [-0.39, 0.29) is 17.9 Å². The third-order valence-electron chi connectivity index (χ3n) is 5.41. The molecule has 2 unspecified atom stereocenters. The van der Waals surface area contributed by atoms with Gasteiger partial charge < -0.3 is 14.6 Å². The lowest BCUT2D eigenvalue weighted by Gasteiger charge is -2.19. The van der Waals surface area contributed by atoms with Gasteiger partial charge in [0.2, 0.25) is 0 Å². The number of nitrogens with zero attached hydrogens (tertiary/aromatic N) is 2. The molecule has 2 aromatic carbocycles. The van der Waals surface area contributed by atoms with Crippen LogP contribution < -0.4 is 0 Å². The lowest BCUT2D eigenvalue weighted by Crippen LogP contribution is -2.32. The van der Waals surface area contributed by atoms with Crippen LogP contribution in [-0.4, -0.2) is 39.7 Å². The fourth-order valence-corrected chi connectivity index (χ4v) is 3.85. The molecule has 4 nitrogen and oxygen atoms in total. The van der Waals surface area contributed by atoms with Crippen molar-refractivity contribution in [2.75, 3.05) is 13.1 Å². The number of aliphatic hydroxyl groups excluding tert-OH is 1. The monoisotopic (exact) mass is 348 g/mol. The number of para-hydroxylation sites is 1. The third-order valence-corrected chi connectivity index (χ3v) is 5.41. The molecule has 0 spiro atoms. The number of fused-ring (bicyclic) bond motifs is 1. The molecule has 1 amide bonds. The van der Waals surface area contributed by atoms with Crippen LogP contribution in [0.3, 0.4) is 0 Å². The first-order chi connectivity index (χ1) is 12.6. The Morgan fingerprint density at radius 3 is 2.62 bits per heavy atom. The van der Waals surface area contributed by atoms with E-state index < -0.39 is 0 Å². The van der Waals surface area contributed by atoms with E-state index >= 15 is 0 Å². The van der Waals surface area contributed by atoms with E-state index in [0.29, 0.717) is 19.6 Å². The van der Waals surface area contributed by atoms with Gasteiger partial charge in [-0.25, -0.2) is 0 Å². The van der Waals surface area contributed by atoms with Crippen molar-refractivity contribution in [3.63, 3.8) is 0 Å². The number of hydrogen-bond donors (Lipinski definition) is 1. The van der Waals surface area contributed by atoms with Gasteiger partial charge in [-0.1, -0.05) is 48.5 Å². The van der Waals surface area contributed by atoms with Gasteiger partial charge >= 0.3 is 0 Å². The Hall–Kier alpha value is -2.59. The van der Waals surface area contributed by atoms with Crippen molar-refractivity contribution in [1.82, 2.24) is 9.47 Å². The summed E-state index contributed by atoms with van der Waals surface area (Å²) in [5.41, 5.74) is 2.97. The van der Waals surface area contributed by atoms with Crippen molar-refractivity contribution in [2.24, 2.45) is 5.92 Å². The standard InChI is InChI=1S/C22H24N2O2/c1-16(25)19-11-12-23(15-19)22(26)21-13-18-9-5-6-10-20(18)24(21)14-17-7-3-2-4-8-17/h2-10,13,16,19,25H,11-12,14-15H2,1H3. The van der Waals surface area contributed by atoms with E-state index in [9.17, 15) is 9.90 Å². The number of hydrogen-bond acceptors (Lipinski definition) is 2. The Balaban J connectivity index is 1.70. The van der Waals surface area contributed by atoms with Crippen molar-refractivity contribution in [2.45, 2.75) is 26.0 Å². The zero-order valence-electron chi connectivity index (χ0n) is 15.0. The van der Waals surface area contributed by atoms with Crippen LogP contribution in [0.5, 0.6) is 0 Å². The van der Waals surface area contributed by atoms with Gasteiger partial charge in [-0.2, -0.15) is 0 Å². The van der Waals surface area contributed by atoms with Crippen molar-refractivity contribution < 1.29 is 9.90 Å². The van der Waals surface area contributed by atoms with Gasteiger partial charge in [0, 0.05) is 36.5 Å². The Bertz CT molecular complexity index is 914. The fraction of sp³-hybridized carbons (Fsp3) is 0.318. The van der Waals surface area contributed by atoms with Gasteiger partial charge in [-0.05, 0) is 31.0 Å². The van der Waals surface area contributed by atoms with Crippen molar-refractivity contribution in [3.05, 3.63) is 71.9 Å². The molecule has 3 aromatic rings. The molecular formula is C22H24N2O2. The van der Waals surface area contributed by atoms with Crippen LogP contribution >= 0.6 is 0 Å². The Morgan fingerprint density at radius 2 is 1.88 bits per heavy atom. The molecule has 0 bridgehead atoms. The molecule has 1 aliphatic rings. The number of likely N-dealkylation sites (tertiary alicyclic amines) is 1. The van der Waals surface area contributed by atoms with Crippen LogP contribution in [0.1, 0.15) is 29.4 Å². The molecule has 0 saturated carbocycles. The lowest BCUT2D eigenvalue weighted by molar-refractivity contribution is 0.0753. The molecule has 4 heteroatoms. The summed E-state index contributed by atoms with van der Waals surface area (Å²) < 4.78 is 2.11. The molecule has 1 saturated heterocycles. The minimum absolute atomic E-state index is 0.0558. The lowest BCUT2D eigenvalue weighted by atomic mass is 10.0. The summed E-state index contributed by atoms with van der Waals surface area (Å²) in [6, 6.07) is 20.4. The smallest absolute Gasteiger partial charge is 0.270 e. The average Bonchev–Trinajstić information content (AvgIpc) is 3.28. The third kappa shape index (κ3) is 3.13. The van der Waals surface area contributed by atoms with E-state index in [1.54, 1.807) is 0 Å². The molecule has 26 heavy (non-hydrogen) atoms. The number of amides is 1. The number of aromatic nitrogens is 1. The molecular weight excluding hydrogens is 324 g/mol. The van der Waals surface area contributed by atoms with Gasteiger partial charge in [0.1, 0.15) is 5.69 Å². The molecule has 134 valence electrons. The van der Waals surface area contributed by atoms with Crippen LogP contribution in [0.15, 0.2) is 60.7 Å². The largest absolute Gasteiger partial charge is 0.393 e.